The highest BCUT2D eigenvalue weighted by Crippen LogP contribution is 2.33. The first-order valence-electron chi connectivity index (χ1n) is 6.82. The van der Waals surface area contributed by atoms with Gasteiger partial charge in [-0.3, -0.25) is 0 Å². The molecule has 0 amide bonds. The molecular weight excluding hydrogens is 250 g/mol. The summed E-state index contributed by atoms with van der Waals surface area (Å²) in [4.78, 5) is 0. The molecule has 0 bridgehead atoms. The number of aromatic nitrogens is 2. The third-order valence-corrected chi connectivity index (χ3v) is 3.29. The number of nitrogens with two attached hydrogens (primary N) is 1. The van der Waals surface area contributed by atoms with E-state index in [4.69, 9.17) is 15.6 Å². The van der Waals surface area contributed by atoms with Gasteiger partial charge >= 0.3 is 0 Å². The van der Waals surface area contributed by atoms with Crippen molar-refractivity contribution in [1.29, 1.82) is 0 Å². The molecule has 0 spiro atoms. The molecule has 2 rings (SSSR count). The molecule has 2 N–H and O–H groups in total. The highest BCUT2D eigenvalue weighted by atomic mass is 16.5. The zero-order valence-electron chi connectivity index (χ0n) is 12.9. The second-order valence-corrected chi connectivity index (χ2v) is 6.04. The van der Waals surface area contributed by atoms with Crippen molar-refractivity contribution in [3.05, 3.63) is 41.1 Å². The minimum atomic E-state index is -0.0724. The molecule has 0 radical (unpaired) electrons. The van der Waals surface area contributed by atoms with E-state index in [1.807, 2.05) is 16.8 Å². The van der Waals surface area contributed by atoms with Crippen LogP contribution in [0.25, 0.3) is 5.69 Å². The van der Waals surface area contributed by atoms with Crippen molar-refractivity contribution in [2.45, 2.75) is 39.7 Å². The molecule has 0 atom stereocenters. The van der Waals surface area contributed by atoms with Crippen LogP contribution >= 0.6 is 0 Å². The highest BCUT2D eigenvalue weighted by Gasteiger charge is 2.27. The molecule has 0 saturated carbocycles. The Morgan fingerprint density at radius 3 is 2.50 bits per heavy atom. The van der Waals surface area contributed by atoms with Crippen LogP contribution in [0.15, 0.2) is 24.3 Å². The molecule has 1 aromatic carbocycles. The number of rotatable bonds is 3. The molecule has 0 unspecified atom stereocenters. The molecular formula is C16H23N3O. The van der Waals surface area contributed by atoms with Gasteiger partial charge in [0.1, 0.15) is 0 Å². The van der Waals surface area contributed by atoms with Gasteiger partial charge < -0.3 is 10.5 Å². The Balaban J connectivity index is 2.68. The van der Waals surface area contributed by atoms with E-state index >= 15 is 0 Å². The minimum Gasteiger partial charge on any atom is -0.481 e. The molecule has 0 aliphatic carbocycles. The van der Waals surface area contributed by atoms with Gasteiger partial charge in [-0.2, -0.15) is 5.10 Å². The second-order valence-electron chi connectivity index (χ2n) is 6.04. The predicted octanol–water partition coefficient (Wildman–Crippen LogP) is 2.95. The summed E-state index contributed by atoms with van der Waals surface area (Å²) in [7, 11) is 1.66. The normalized spacial score (nSPS) is 11.7. The lowest BCUT2D eigenvalue weighted by Crippen LogP contribution is -2.16. The molecule has 1 aromatic heterocycles. The van der Waals surface area contributed by atoms with Crippen LogP contribution in [0.1, 0.15) is 37.6 Å². The Morgan fingerprint density at radius 1 is 1.30 bits per heavy atom. The van der Waals surface area contributed by atoms with Crippen molar-refractivity contribution >= 4 is 0 Å². The van der Waals surface area contributed by atoms with Crippen LogP contribution in [0.2, 0.25) is 0 Å². The van der Waals surface area contributed by atoms with E-state index in [9.17, 15) is 0 Å². The van der Waals surface area contributed by atoms with Gasteiger partial charge in [-0.05, 0) is 24.6 Å². The zero-order valence-corrected chi connectivity index (χ0v) is 12.9. The van der Waals surface area contributed by atoms with E-state index in [0.717, 1.165) is 22.8 Å². The fraction of sp³-hybridized carbons (Fsp3) is 0.438. The van der Waals surface area contributed by atoms with E-state index in [1.54, 1.807) is 7.11 Å². The first kappa shape index (κ1) is 14.6. The molecule has 108 valence electrons. The quantitative estimate of drug-likeness (QED) is 0.935. The number of ether oxygens (including phenoxy) is 1. The number of hydrogen-bond donors (Lipinski definition) is 1. The smallest absolute Gasteiger partial charge is 0.221 e. The van der Waals surface area contributed by atoms with Crippen molar-refractivity contribution in [1.82, 2.24) is 9.78 Å². The first-order chi connectivity index (χ1) is 9.38. The Morgan fingerprint density at radius 2 is 2.00 bits per heavy atom. The number of methoxy groups -OCH3 is 1. The van der Waals surface area contributed by atoms with E-state index in [1.165, 1.54) is 5.56 Å². The third kappa shape index (κ3) is 2.56. The number of hydrogen-bond acceptors (Lipinski definition) is 3. The monoisotopic (exact) mass is 273 g/mol. The average Bonchev–Trinajstić information content (AvgIpc) is 2.76. The summed E-state index contributed by atoms with van der Waals surface area (Å²) in [6.45, 7) is 8.88. The lowest BCUT2D eigenvalue weighted by molar-refractivity contribution is 0.379. The fourth-order valence-electron chi connectivity index (χ4n) is 2.37. The summed E-state index contributed by atoms with van der Waals surface area (Å²) in [5.41, 5.74) is 9.98. The molecule has 1 heterocycles. The maximum Gasteiger partial charge on any atom is 0.221 e. The molecule has 0 aliphatic rings. The standard InChI is InChI=1S/C16H23N3O/c1-11-7-6-8-12(9-11)19-15(20-5)13(10-17)14(18-19)16(2,3)4/h6-9H,10,17H2,1-5H3. The number of aryl methyl sites for hydroxylation is 1. The molecule has 20 heavy (non-hydrogen) atoms. The van der Waals surface area contributed by atoms with Crippen LogP contribution in [0.4, 0.5) is 0 Å². The van der Waals surface area contributed by atoms with Crippen molar-refractivity contribution < 1.29 is 4.74 Å². The van der Waals surface area contributed by atoms with Crippen LogP contribution in [-0.2, 0) is 12.0 Å². The van der Waals surface area contributed by atoms with Crippen molar-refractivity contribution in [2.24, 2.45) is 5.73 Å². The van der Waals surface area contributed by atoms with Crippen molar-refractivity contribution in [3.63, 3.8) is 0 Å². The van der Waals surface area contributed by atoms with Crippen LogP contribution < -0.4 is 10.5 Å². The van der Waals surface area contributed by atoms with Gasteiger partial charge in [-0.25, -0.2) is 4.68 Å². The summed E-state index contributed by atoms with van der Waals surface area (Å²) in [6.07, 6.45) is 0. The minimum absolute atomic E-state index is 0.0724. The van der Waals surface area contributed by atoms with Crippen LogP contribution in [0, 0.1) is 6.92 Å². The maximum absolute atomic E-state index is 5.91. The lowest BCUT2D eigenvalue weighted by atomic mass is 9.89. The Labute approximate surface area is 120 Å². The molecule has 2 aromatic rings. The van der Waals surface area contributed by atoms with Gasteiger partial charge in [0, 0.05) is 12.0 Å². The summed E-state index contributed by atoms with van der Waals surface area (Å²) in [6, 6.07) is 8.19. The molecule has 0 fully saturated rings. The number of benzene rings is 1. The topological polar surface area (TPSA) is 53.1 Å². The van der Waals surface area contributed by atoms with Gasteiger partial charge in [0.2, 0.25) is 5.88 Å². The van der Waals surface area contributed by atoms with Gasteiger partial charge in [0.15, 0.2) is 0 Å². The summed E-state index contributed by atoms with van der Waals surface area (Å²) >= 11 is 0. The average molecular weight is 273 g/mol. The lowest BCUT2D eigenvalue weighted by Gasteiger charge is -2.16. The molecule has 4 nitrogen and oxygen atoms in total. The summed E-state index contributed by atoms with van der Waals surface area (Å²) in [5, 5.41) is 4.75. The molecule has 0 saturated heterocycles. The van der Waals surface area contributed by atoms with Gasteiger partial charge in [-0.15, -0.1) is 0 Å². The Hall–Kier alpha value is -1.81. The van der Waals surface area contributed by atoms with E-state index in [-0.39, 0.29) is 5.41 Å². The Bertz CT molecular complexity index is 609. The number of nitrogens with zero attached hydrogens (tertiary/aromatic N) is 2. The molecule has 0 aliphatic heterocycles. The van der Waals surface area contributed by atoms with Crippen molar-refractivity contribution in [2.75, 3.05) is 7.11 Å². The van der Waals surface area contributed by atoms with Gasteiger partial charge in [-0.1, -0.05) is 32.9 Å². The Kier molecular flexibility index (Phi) is 3.86. The SMILES string of the molecule is COc1c(CN)c(C(C)(C)C)nn1-c1cccc(C)c1. The van der Waals surface area contributed by atoms with Crippen LogP contribution in [0.5, 0.6) is 5.88 Å². The maximum atomic E-state index is 5.91. The van der Waals surface area contributed by atoms with Gasteiger partial charge in [0.25, 0.3) is 0 Å². The van der Waals surface area contributed by atoms with E-state index in [2.05, 4.69) is 39.8 Å². The third-order valence-electron chi connectivity index (χ3n) is 3.29. The van der Waals surface area contributed by atoms with Crippen LogP contribution in [-0.4, -0.2) is 16.9 Å². The predicted molar refractivity (Wildman–Crippen MR) is 81.4 cm³/mol. The second kappa shape index (κ2) is 5.29. The fourth-order valence-corrected chi connectivity index (χ4v) is 2.37. The van der Waals surface area contributed by atoms with Gasteiger partial charge in [0.05, 0.1) is 24.1 Å². The van der Waals surface area contributed by atoms with E-state index in [0.29, 0.717) is 6.54 Å². The first-order valence-corrected chi connectivity index (χ1v) is 6.82. The van der Waals surface area contributed by atoms with Crippen LogP contribution in [0.3, 0.4) is 0 Å². The van der Waals surface area contributed by atoms with Crippen molar-refractivity contribution in [3.8, 4) is 11.6 Å². The highest BCUT2D eigenvalue weighted by molar-refractivity contribution is 5.44. The largest absolute Gasteiger partial charge is 0.481 e. The summed E-state index contributed by atoms with van der Waals surface area (Å²) in [5.74, 6) is 0.725. The summed E-state index contributed by atoms with van der Waals surface area (Å²) < 4.78 is 7.40. The molecule has 4 heteroatoms. The van der Waals surface area contributed by atoms with E-state index < -0.39 is 0 Å². The zero-order chi connectivity index (χ0) is 14.9.